The lowest BCUT2D eigenvalue weighted by molar-refractivity contribution is 0.398. The van der Waals surface area contributed by atoms with Gasteiger partial charge < -0.3 is 4.74 Å². The molecule has 0 fully saturated rings. The molecule has 50 valence electrons. The van der Waals surface area contributed by atoms with Gasteiger partial charge in [0.1, 0.15) is 12.9 Å². The number of hydrogen-bond donors (Lipinski definition) is 0. The Hall–Kier alpha value is -0.695. The van der Waals surface area contributed by atoms with E-state index >= 15 is 0 Å². The van der Waals surface area contributed by atoms with Crippen LogP contribution in [0.4, 0.5) is 0 Å². The summed E-state index contributed by atoms with van der Waals surface area (Å²) in [5, 5.41) is 0.433. The van der Waals surface area contributed by atoms with Crippen molar-refractivity contribution < 1.29 is 4.74 Å². The van der Waals surface area contributed by atoms with Crippen LogP contribution < -0.4 is 10.2 Å². The van der Waals surface area contributed by atoms with Gasteiger partial charge in [0.15, 0.2) is 0 Å². The van der Waals surface area contributed by atoms with Crippen LogP contribution in [0.25, 0.3) is 0 Å². The molecule has 0 spiro atoms. The van der Waals surface area contributed by atoms with Gasteiger partial charge in [-0.05, 0) is 6.07 Å². The fraction of sp³-hybridized carbons (Fsp3) is 0.167. The summed E-state index contributed by atoms with van der Waals surface area (Å²) in [5.41, 5.74) is 0.533. The van der Waals surface area contributed by atoms with Gasteiger partial charge in [0.05, 0.1) is 7.11 Å². The van der Waals surface area contributed by atoms with Crippen molar-refractivity contribution in [1.82, 2.24) is 4.98 Å². The van der Waals surface area contributed by atoms with Crippen molar-refractivity contribution in [2.75, 3.05) is 7.11 Å². The SMILES string of the molecule is [B]c1cnc(OC)c(Cl)c1. The molecule has 0 amide bonds. The van der Waals surface area contributed by atoms with Crippen LogP contribution in [-0.4, -0.2) is 19.9 Å². The zero-order valence-corrected chi connectivity index (χ0v) is 6.22. The van der Waals surface area contributed by atoms with Crippen molar-refractivity contribution in [3.05, 3.63) is 17.3 Å². The Bertz CT molecular complexity index is 241. The predicted molar refractivity (Wildman–Crippen MR) is 41.2 cm³/mol. The summed E-state index contributed by atoms with van der Waals surface area (Å²) in [4.78, 5) is 3.82. The molecule has 0 atom stereocenters. The first kappa shape index (κ1) is 7.41. The molecule has 0 unspecified atom stereocenters. The maximum atomic E-state index is 5.66. The third kappa shape index (κ3) is 1.42. The Morgan fingerprint density at radius 2 is 2.40 bits per heavy atom. The Balaban J connectivity index is 3.07. The average Bonchev–Trinajstić information content (AvgIpc) is 1.88. The van der Waals surface area contributed by atoms with Crippen molar-refractivity contribution in [2.24, 2.45) is 0 Å². The Kier molecular flexibility index (Phi) is 2.17. The van der Waals surface area contributed by atoms with Crippen LogP contribution in [0.5, 0.6) is 5.88 Å². The minimum Gasteiger partial charge on any atom is -0.480 e. The van der Waals surface area contributed by atoms with Crippen LogP contribution in [0.2, 0.25) is 5.02 Å². The Labute approximate surface area is 65.6 Å². The molecule has 0 aliphatic carbocycles. The van der Waals surface area contributed by atoms with Crippen LogP contribution in [0.3, 0.4) is 0 Å². The number of ether oxygens (including phenoxy) is 1. The second-order valence-electron chi connectivity index (χ2n) is 1.76. The first-order chi connectivity index (χ1) is 4.74. The van der Waals surface area contributed by atoms with Gasteiger partial charge >= 0.3 is 0 Å². The van der Waals surface area contributed by atoms with Crippen molar-refractivity contribution in [2.45, 2.75) is 0 Å². The molecule has 0 bridgehead atoms. The van der Waals surface area contributed by atoms with Crippen LogP contribution in [0.1, 0.15) is 0 Å². The highest BCUT2D eigenvalue weighted by Crippen LogP contribution is 2.17. The summed E-state index contributed by atoms with van der Waals surface area (Å²) in [7, 11) is 6.88. The highest BCUT2D eigenvalue weighted by Gasteiger charge is 1.98. The largest absolute Gasteiger partial charge is 0.480 e. The quantitative estimate of drug-likeness (QED) is 0.549. The summed E-state index contributed by atoms with van der Waals surface area (Å²) in [5.74, 6) is 0.399. The first-order valence-electron chi connectivity index (χ1n) is 2.69. The Morgan fingerprint density at radius 1 is 1.70 bits per heavy atom. The Morgan fingerprint density at radius 3 is 2.90 bits per heavy atom. The summed E-state index contributed by atoms with van der Waals surface area (Å²) in [6.45, 7) is 0. The summed E-state index contributed by atoms with van der Waals surface area (Å²) in [6, 6.07) is 1.59. The van der Waals surface area contributed by atoms with Gasteiger partial charge in [0.25, 0.3) is 0 Å². The van der Waals surface area contributed by atoms with Crippen LogP contribution in [-0.2, 0) is 0 Å². The number of methoxy groups -OCH3 is 1. The number of rotatable bonds is 1. The molecule has 10 heavy (non-hydrogen) atoms. The van der Waals surface area contributed by atoms with Gasteiger partial charge in [0, 0.05) is 6.20 Å². The molecule has 2 radical (unpaired) electrons. The van der Waals surface area contributed by atoms with E-state index < -0.39 is 0 Å². The van der Waals surface area contributed by atoms with Crippen LogP contribution in [0.15, 0.2) is 12.3 Å². The maximum absolute atomic E-state index is 5.66. The van der Waals surface area contributed by atoms with Gasteiger partial charge in [-0.25, -0.2) is 4.98 Å². The van der Waals surface area contributed by atoms with Gasteiger partial charge in [-0.1, -0.05) is 17.1 Å². The molecule has 0 saturated carbocycles. The average molecular weight is 153 g/mol. The highest BCUT2D eigenvalue weighted by atomic mass is 35.5. The van der Waals surface area contributed by atoms with E-state index in [1.807, 2.05) is 0 Å². The number of aromatic nitrogens is 1. The molecule has 0 aromatic carbocycles. The summed E-state index contributed by atoms with van der Waals surface area (Å²) >= 11 is 5.66. The molecule has 1 rings (SSSR count). The molecule has 0 saturated heterocycles. The van der Waals surface area contributed by atoms with Crippen molar-refractivity contribution >= 4 is 24.9 Å². The number of pyridine rings is 1. The monoisotopic (exact) mass is 153 g/mol. The molecule has 1 heterocycles. The maximum Gasteiger partial charge on any atom is 0.232 e. The fourth-order valence-electron chi connectivity index (χ4n) is 0.590. The van der Waals surface area contributed by atoms with Crippen LogP contribution >= 0.6 is 11.6 Å². The smallest absolute Gasteiger partial charge is 0.232 e. The second kappa shape index (κ2) is 2.93. The normalized spacial score (nSPS) is 9.40. The van der Waals surface area contributed by atoms with Gasteiger partial charge in [0.2, 0.25) is 5.88 Å². The van der Waals surface area contributed by atoms with E-state index in [-0.39, 0.29) is 0 Å². The van der Waals surface area contributed by atoms with E-state index in [0.29, 0.717) is 16.4 Å². The number of halogens is 1. The third-order valence-electron chi connectivity index (χ3n) is 1.02. The highest BCUT2D eigenvalue weighted by molar-refractivity contribution is 6.36. The first-order valence-corrected chi connectivity index (χ1v) is 3.07. The van der Waals surface area contributed by atoms with Gasteiger partial charge in [-0.3, -0.25) is 0 Å². The van der Waals surface area contributed by atoms with E-state index in [1.54, 1.807) is 6.07 Å². The number of hydrogen-bond acceptors (Lipinski definition) is 2. The van der Waals surface area contributed by atoms with E-state index in [9.17, 15) is 0 Å². The molecular weight excluding hydrogens is 148 g/mol. The summed E-state index contributed by atoms with van der Waals surface area (Å²) < 4.78 is 4.80. The van der Waals surface area contributed by atoms with Gasteiger partial charge in [-0.2, -0.15) is 0 Å². The van der Waals surface area contributed by atoms with E-state index in [4.69, 9.17) is 24.2 Å². The zero-order valence-electron chi connectivity index (χ0n) is 5.47. The molecule has 1 aromatic heterocycles. The van der Waals surface area contributed by atoms with E-state index in [0.717, 1.165) is 0 Å². The molecule has 4 heteroatoms. The van der Waals surface area contributed by atoms with Crippen molar-refractivity contribution in [1.29, 1.82) is 0 Å². The van der Waals surface area contributed by atoms with Crippen LogP contribution in [0, 0.1) is 0 Å². The molecular formula is C6H5BClNO. The standard InChI is InChI=1S/C6H5BClNO/c1-10-6-5(8)2-4(7)3-9-6/h2-3H,1H3. The zero-order chi connectivity index (χ0) is 7.56. The number of nitrogens with zero attached hydrogens (tertiary/aromatic N) is 1. The minimum absolute atomic E-state index is 0.399. The molecule has 0 N–H and O–H groups in total. The minimum atomic E-state index is 0.399. The second-order valence-corrected chi connectivity index (χ2v) is 2.17. The summed E-state index contributed by atoms with van der Waals surface area (Å²) in [6.07, 6.45) is 1.49. The molecule has 0 aliphatic rings. The lowest BCUT2D eigenvalue weighted by Crippen LogP contribution is -2.03. The predicted octanol–water partition coefficient (Wildman–Crippen LogP) is 0.537. The van der Waals surface area contributed by atoms with E-state index in [1.165, 1.54) is 13.3 Å². The molecule has 2 nitrogen and oxygen atoms in total. The van der Waals surface area contributed by atoms with E-state index in [2.05, 4.69) is 4.98 Å². The van der Waals surface area contributed by atoms with Crippen molar-refractivity contribution in [3.8, 4) is 5.88 Å². The molecule has 0 aliphatic heterocycles. The lowest BCUT2D eigenvalue weighted by Gasteiger charge is -2.00. The van der Waals surface area contributed by atoms with Gasteiger partial charge in [-0.15, -0.1) is 0 Å². The molecule has 1 aromatic rings. The van der Waals surface area contributed by atoms with Crippen molar-refractivity contribution in [3.63, 3.8) is 0 Å². The lowest BCUT2D eigenvalue weighted by atomic mass is 9.99. The topological polar surface area (TPSA) is 22.1 Å². The third-order valence-corrected chi connectivity index (χ3v) is 1.29. The fourth-order valence-corrected chi connectivity index (χ4v) is 0.842.